The van der Waals surface area contributed by atoms with E-state index < -0.39 is 12.1 Å². The van der Waals surface area contributed by atoms with Crippen molar-refractivity contribution in [3.8, 4) is 5.75 Å². The lowest BCUT2D eigenvalue weighted by atomic mass is 10.2. The van der Waals surface area contributed by atoms with E-state index in [0.717, 1.165) is 12.1 Å². The molecular formula is C11H8ClF3O3. The second kappa shape index (κ2) is 6.30. The largest absolute Gasteiger partial charge is 0.573 e. The fraction of sp³-hybridized carbons (Fsp3) is 0.182. The van der Waals surface area contributed by atoms with Crippen LogP contribution in [0.1, 0.15) is 5.56 Å². The molecule has 0 radical (unpaired) electrons. The van der Waals surface area contributed by atoms with Crippen molar-refractivity contribution in [1.29, 1.82) is 0 Å². The van der Waals surface area contributed by atoms with Crippen LogP contribution in [0.3, 0.4) is 0 Å². The maximum atomic E-state index is 11.9. The highest BCUT2D eigenvalue weighted by Gasteiger charge is 2.31. The number of rotatable bonds is 5. The van der Waals surface area contributed by atoms with Gasteiger partial charge < -0.3 is 9.47 Å². The minimum absolute atomic E-state index is 0.0562. The van der Waals surface area contributed by atoms with Crippen molar-refractivity contribution < 1.29 is 27.4 Å². The lowest BCUT2D eigenvalue weighted by Gasteiger charge is -2.09. The molecule has 1 aromatic rings. The number of carbonyl (C=O) groups is 1. The van der Waals surface area contributed by atoms with Gasteiger partial charge in [-0.15, -0.1) is 13.2 Å². The molecule has 0 N–H and O–H groups in total. The van der Waals surface area contributed by atoms with Crippen LogP contribution in [0.4, 0.5) is 13.2 Å². The molecule has 0 aromatic heterocycles. The average molecular weight is 281 g/mol. The van der Waals surface area contributed by atoms with Crippen LogP contribution >= 0.6 is 11.6 Å². The minimum atomic E-state index is -4.75. The van der Waals surface area contributed by atoms with Crippen molar-refractivity contribution in [3.63, 3.8) is 0 Å². The number of hydrogen-bond donors (Lipinski definition) is 0. The molecule has 0 aliphatic rings. The molecule has 0 bridgehead atoms. The Morgan fingerprint density at radius 1 is 1.33 bits per heavy atom. The Bertz CT molecular complexity index is 444. The standard InChI is InChI=1S/C11H8ClF3O3/c12-10-6-9(18-11(13,14)15)4-3-8(10)2-1-5-17-7-16/h1-4,6-7H,5H2/b2-1+. The highest BCUT2D eigenvalue weighted by atomic mass is 35.5. The maximum absolute atomic E-state index is 11.9. The van der Waals surface area contributed by atoms with Crippen LogP contribution in [0.2, 0.25) is 5.02 Å². The summed E-state index contributed by atoms with van der Waals surface area (Å²) in [6.45, 7) is 0.340. The topological polar surface area (TPSA) is 35.5 Å². The first-order valence-electron chi connectivity index (χ1n) is 4.69. The molecule has 0 fully saturated rings. The van der Waals surface area contributed by atoms with E-state index in [1.54, 1.807) is 0 Å². The van der Waals surface area contributed by atoms with E-state index in [9.17, 15) is 18.0 Å². The smallest absolute Gasteiger partial charge is 0.464 e. The van der Waals surface area contributed by atoms with Gasteiger partial charge in [-0.3, -0.25) is 4.79 Å². The molecule has 1 rings (SSSR count). The number of alkyl halides is 3. The second-order valence-electron chi connectivity index (χ2n) is 3.06. The van der Waals surface area contributed by atoms with E-state index in [4.69, 9.17) is 11.6 Å². The zero-order valence-electron chi connectivity index (χ0n) is 8.91. The van der Waals surface area contributed by atoms with Crippen molar-refractivity contribution in [1.82, 2.24) is 0 Å². The monoisotopic (exact) mass is 280 g/mol. The molecule has 3 nitrogen and oxygen atoms in total. The zero-order chi connectivity index (χ0) is 13.6. The first-order valence-corrected chi connectivity index (χ1v) is 5.07. The summed E-state index contributed by atoms with van der Waals surface area (Å²) in [5.74, 6) is -0.395. The predicted octanol–water partition coefficient (Wildman–Crippen LogP) is 3.42. The van der Waals surface area contributed by atoms with Gasteiger partial charge in [-0.05, 0) is 29.8 Å². The lowest BCUT2D eigenvalue weighted by molar-refractivity contribution is -0.274. The lowest BCUT2D eigenvalue weighted by Crippen LogP contribution is -2.17. The summed E-state index contributed by atoms with van der Waals surface area (Å²) in [6.07, 6.45) is -1.73. The average Bonchev–Trinajstić information content (AvgIpc) is 2.24. The van der Waals surface area contributed by atoms with Crippen LogP contribution < -0.4 is 4.74 Å². The highest BCUT2D eigenvalue weighted by Crippen LogP contribution is 2.28. The Morgan fingerprint density at radius 3 is 2.61 bits per heavy atom. The van der Waals surface area contributed by atoms with Crippen molar-refractivity contribution in [2.75, 3.05) is 6.61 Å². The molecule has 7 heteroatoms. The van der Waals surface area contributed by atoms with Gasteiger partial charge in [0.15, 0.2) is 0 Å². The van der Waals surface area contributed by atoms with Gasteiger partial charge in [-0.2, -0.15) is 0 Å². The van der Waals surface area contributed by atoms with Gasteiger partial charge in [0.05, 0.1) is 5.02 Å². The Hall–Kier alpha value is -1.69. The van der Waals surface area contributed by atoms with E-state index in [2.05, 4.69) is 9.47 Å². The molecule has 0 heterocycles. The molecule has 0 aliphatic carbocycles. The van der Waals surface area contributed by atoms with Gasteiger partial charge in [0.25, 0.3) is 6.47 Å². The van der Waals surface area contributed by atoms with Gasteiger partial charge in [0, 0.05) is 0 Å². The summed E-state index contributed by atoms with van der Waals surface area (Å²) in [6, 6.07) is 3.55. The molecule has 0 saturated carbocycles. The number of carbonyl (C=O) groups excluding carboxylic acids is 1. The summed E-state index contributed by atoms with van der Waals surface area (Å²) < 4.78 is 43.9. The van der Waals surface area contributed by atoms with Gasteiger partial charge in [0.2, 0.25) is 0 Å². The molecule has 0 aliphatic heterocycles. The molecule has 0 atom stereocenters. The van der Waals surface area contributed by atoms with Crippen LogP contribution in [-0.2, 0) is 9.53 Å². The third-order valence-electron chi connectivity index (χ3n) is 1.76. The Labute approximate surface area is 106 Å². The quantitative estimate of drug-likeness (QED) is 0.612. The predicted molar refractivity (Wildman–Crippen MR) is 59.2 cm³/mol. The third-order valence-corrected chi connectivity index (χ3v) is 2.09. The van der Waals surface area contributed by atoms with E-state index in [1.165, 1.54) is 18.2 Å². The van der Waals surface area contributed by atoms with Gasteiger partial charge in [-0.25, -0.2) is 0 Å². The Kier molecular flexibility index (Phi) is 5.03. The molecule has 0 spiro atoms. The Balaban J connectivity index is 2.73. The summed E-state index contributed by atoms with van der Waals surface area (Å²) in [5.41, 5.74) is 0.487. The normalized spacial score (nSPS) is 11.6. The summed E-state index contributed by atoms with van der Waals surface area (Å²) in [4.78, 5) is 9.86. The van der Waals surface area contributed by atoms with Crippen LogP contribution in [0.5, 0.6) is 5.75 Å². The first-order chi connectivity index (χ1) is 8.42. The minimum Gasteiger partial charge on any atom is -0.464 e. The van der Waals surface area contributed by atoms with E-state index >= 15 is 0 Å². The zero-order valence-corrected chi connectivity index (χ0v) is 9.66. The molecule has 0 unspecified atom stereocenters. The van der Waals surface area contributed by atoms with E-state index in [-0.39, 0.29) is 18.1 Å². The third kappa shape index (κ3) is 5.09. The maximum Gasteiger partial charge on any atom is 0.573 e. The van der Waals surface area contributed by atoms with Crippen molar-refractivity contribution in [2.24, 2.45) is 0 Å². The SMILES string of the molecule is O=COC/C=C/c1ccc(OC(F)(F)F)cc1Cl. The molecular weight excluding hydrogens is 273 g/mol. The van der Waals surface area contributed by atoms with Crippen LogP contribution in [0, 0.1) is 0 Å². The number of hydrogen-bond acceptors (Lipinski definition) is 3. The Morgan fingerprint density at radius 2 is 2.06 bits per heavy atom. The van der Waals surface area contributed by atoms with Crippen LogP contribution in [-0.4, -0.2) is 19.4 Å². The fourth-order valence-electron chi connectivity index (χ4n) is 1.11. The van der Waals surface area contributed by atoms with E-state index in [1.807, 2.05) is 0 Å². The van der Waals surface area contributed by atoms with Gasteiger partial charge in [0.1, 0.15) is 12.4 Å². The first kappa shape index (κ1) is 14.4. The van der Waals surface area contributed by atoms with Crippen molar-refractivity contribution in [2.45, 2.75) is 6.36 Å². The molecule has 98 valence electrons. The van der Waals surface area contributed by atoms with E-state index in [0.29, 0.717) is 5.56 Å². The molecule has 0 amide bonds. The highest BCUT2D eigenvalue weighted by molar-refractivity contribution is 6.32. The van der Waals surface area contributed by atoms with Crippen LogP contribution in [0.15, 0.2) is 24.3 Å². The summed E-state index contributed by atoms with van der Waals surface area (Å²) in [5, 5.41) is 0.0964. The van der Waals surface area contributed by atoms with Crippen molar-refractivity contribution in [3.05, 3.63) is 34.9 Å². The van der Waals surface area contributed by atoms with Gasteiger partial charge in [-0.1, -0.05) is 17.7 Å². The number of benzene rings is 1. The fourth-order valence-corrected chi connectivity index (χ4v) is 1.34. The molecule has 0 saturated heterocycles. The summed E-state index contributed by atoms with van der Waals surface area (Å²) >= 11 is 5.76. The second-order valence-corrected chi connectivity index (χ2v) is 3.47. The molecule has 1 aromatic carbocycles. The van der Waals surface area contributed by atoms with Crippen molar-refractivity contribution >= 4 is 24.1 Å². The number of ether oxygens (including phenoxy) is 2. The van der Waals surface area contributed by atoms with Gasteiger partial charge >= 0.3 is 6.36 Å². The van der Waals surface area contributed by atoms with Crippen LogP contribution in [0.25, 0.3) is 6.08 Å². The summed E-state index contributed by atoms with van der Waals surface area (Å²) in [7, 11) is 0. The molecule has 18 heavy (non-hydrogen) atoms. The number of halogens is 4.